The Morgan fingerprint density at radius 3 is 2.48 bits per heavy atom. The number of benzene rings is 1. The Hall–Kier alpha value is -1.66. The predicted molar refractivity (Wildman–Crippen MR) is 97.7 cm³/mol. The summed E-state index contributed by atoms with van der Waals surface area (Å²) in [6.45, 7) is 5.45. The molecule has 0 N–H and O–H groups in total. The van der Waals surface area contributed by atoms with E-state index in [1.54, 1.807) is 11.0 Å². The molecule has 0 radical (unpaired) electrons. The average Bonchev–Trinajstić information content (AvgIpc) is 3.07. The van der Waals surface area contributed by atoms with Crippen molar-refractivity contribution in [3.8, 4) is 0 Å². The van der Waals surface area contributed by atoms with Gasteiger partial charge in [-0.25, -0.2) is 8.42 Å². The molecule has 136 valence electrons. The van der Waals surface area contributed by atoms with Gasteiger partial charge < -0.3 is 4.90 Å². The molecule has 25 heavy (non-hydrogen) atoms. The number of carbonyl (C=O) groups is 1. The van der Waals surface area contributed by atoms with E-state index in [4.69, 9.17) is 0 Å². The summed E-state index contributed by atoms with van der Waals surface area (Å²) in [5, 5.41) is 0. The van der Waals surface area contributed by atoms with Gasteiger partial charge >= 0.3 is 0 Å². The quantitative estimate of drug-likeness (QED) is 0.773. The highest BCUT2D eigenvalue weighted by atomic mass is 32.2. The van der Waals surface area contributed by atoms with Crippen LogP contribution in [0.3, 0.4) is 0 Å². The number of amides is 1. The second kappa shape index (κ2) is 7.30. The van der Waals surface area contributed by atoms with Gasteiger partial charge in [0, 0.05) is 32.6 Å². The highest BCUT2D eigenvalue weighted by Crippen LogP contribution is 2.24. The highest BCUT2D eigenvalue weighted by Gasteiger charge is 2.31. The normalized spacial score (nSPS) is 21.7. The molecular weight excluding hydrogens is 336 g/mol. The Morgan fingerprint density at radius 2 is 1.88 bits per heavy atom. The van der Waals surface area contributed by atoms with Crippen LogP contribution in [-0.4, -0.2) is 49.7 Å². The molecule has 6 heteroatoms. The second-order valence-corrected chi connectivity index (χ2v) is 8.93. The van der Waals surface area contributed by atoms with E-state index < -0.39 is 10.0 Å². The first-order valence-electron chi connectivity index (χ1n) is 8.90. The van der Waals surface area contributed by atoms with E-state index in [0.717, 1.165) is 24.0 Å². The van der Waals surface area contributed by atoms with Crippen molar-refractivity contribution in [1.82, 2.24) is 9.21 Å². The van der Waals surface area contributed by atoms with E-state index >= 15 is 0 Å². The van der Waals surface area contributed by atoms with E-state index in [1.165, 1.54) is 4.31 Å². The van der Waals surface area contributed by atoms with Crippen molar-refractivity contribution in [2.75, 3.05) is 26.2 Å². The number of nitrogens with zero attached hydrogens (tertiary/aromatic N) is 2. The van der Waals surface area contributed by atoms with Crippen LogP contribution in [0.1, 0.15) is 30.4 Å². The van der Waals surface area contributed by atoms with Crippen LogP contribution in [0.15, 0.2) is 35.2 Å². The first-order chi connectivity index (χ1) is 11.9. The number of sulfonamides is 1. The predicted octanol–water partition coefficient (Wildman–Crippen LogP) is 2.49. The molecule has 1 aromatic rings. The number of piperazine rings is 1. The van der Waals surface area contributed by atoms with Gasteiger partial charge in [-0.1, -0.05) is 29.8 Å². The van der Waals surface area contributed by atoms with E-state index in [9.17, 15) is 13.2 Å². The van der Waals surface area contributed by atoms with Crippen LogP contribution < -0.4 is 0 Å². The van der Waals surface area contributed by atoms with Crippen LogP contribution in [0, 0.1) is 19.8 Å². The smallest absolute Gasteiger partial charge is 0.243 e. The van der Waals surface area contributed by atoms with Crippen molar-refractivity contribution >= 4 is 15.9 Å². The Labute approximate surface area is 150 Å². The van der Waals surface area contributed by atoms with Gasteiger partial charge in [0.15, 0.2) is 0 Å². The number of allylic oxidation sites excluding steroid dienone is 2. The van der Waals surface area contributed by atoms with Gasteiger partial charge in [0.25, 0.3) is 0 Å². The minimum absolute atomic E-state index is 0.139. The first kappa shape index (κ1) is 18.1. The van der Waals surface area contributed by atoms with Gasteiger partial charge in [-0.3, -0.25) is 4.79 Å². The first-order valence-corrected chi connectivity index (χ1v) is 10.3. The summed E-state index contributed by atoms with van der Waals surface area (Å²) in [5.41, 5.74) is 1.82. The maximum atomic E-state index is 12.9. The summed E-state index contributed by atoms with van der Waals surface area (Å²) in [6, 6.07) is 5.40. The third kappa shape index (κ3) is 3.96. The second-order valence-electron chi connectivity index (χ2n) is 7.02. The Kier molecular flexibility index (Phi) is 5.29. The maximum absolute atomic E-state index is 12.9. The third-order valence-electron chi connectivity index (χ3n) is 5.09. The highest BCUT2D eigenvalue weighted by molar-refractivity contribution is 7.89. The van der Waals surface area contributed by atoms with Gasteiger partial charge in [0.1, 0.15) is 0 Å². The molecule has 0 saturated carbocycles. The largest absolute Gasteiger partial charge is 0.340 e. The van der Waals surface area contributed by atoms with Gasteiger partial charge in [0.05, 0.1) is 4.90 Å². The van der Waals surface area contributed by atoms with Crippen LogP contribution in [0.5, 0.6) is 0 Å². The fourth-order valence-corrected chi connectivity index (χ4v) is 5.25. The van der Waals surface area contributed by atoms with Gasteiger partial charge in [-0.15, -0.1) is 0 Å². The number of hydrogen-bond acceptors (Lipinski definition) is 3. The summed E-state index contributed by atoms with van der Waals surface area (Å²) in [6.07, 6.45) is 6.90. The molecule has 0 spiro atoms. The van der Waals surface area contributed by atoms with E-state index in [1.807, 2.05) is 26.0 Å². The number of rotatable bonds is 4. The molecule has 0 aromatic heterocycles. The average molecular weight is 362 g/mol. The van der Waals surface area contributed by atoms with Crippen molar-refractivity contribution in [2.24, 2.45) is 5.92 Å². The molecule has 1 saturated heterocycles. The molecule has 0 bridgehead atoms. The molecular formula is C19H26N2O3S. The van der Waals surface area contributed by atoms with Crippen LogP contribution in [0.4, 0.5) is 0 Å². The van der Waals surface area contributed by atoms with E-state index in [2.05, 4.69) is 12.2 Å². The van der Waals surface area contributed by atoms with Crippen molar-refractivity contribution in [1.29, 1.82) is 0 Å². The Balaban J connectivity index is 1.63. The minimum Gasteiger partial charge on any atom is -0.340 e. The van der Waals surface area contributed by atoms with Crippen molar-refractivity contribution in [3.05, 3.63) is 41.5 Å². The van der Waals surface area contributed by atoms with Crippen molar-refractivity contribution in [2.45, 2.75) is 38.0 Å². The van der Waals surface area contributed by atoms with Crippen LogP contribution >= 0.6 is 0 Å². The van der Waals surface area contributed by atoms with Gasteiger partial charge in [0.2, 0.25) is 15.9 Å². The summed E-state index contributed by atoms with van der Waals surface area (Å²) in [4.78, 5) is 14.6. The molecule has 5 nitrogen and oxygen atoms in total. The minimum atomic E-state index is -3.50. The Morgan fingerprint density at radius 1 is 1.16 bits per heavy atom. The topological polar surface area (TPSA) is 57.7 Å². The summed E-state index contributed by atoms with van der Waals surface area (Å²) in [5.74, 6) is 0.490. The monoisotopic (exact) mass is 362 g/mol. The molecule has 1 heterocycles. The SMILES string of the molecule is Cc1ccc(S(=O)(=O)N2CCN(C(=O)C[C@H]3C=CCC3)CC2)c(C)c1. The maximum Gasteiger partial charge on any atom is 0.243 e. The summed E-state index contributed by atoms with van der Waals surface area (Å²) >= 11 is 0. The fraction of sp³-hybridized carbons (Fsp3) is 0.526. The van der Waals surface area contributed by atoms with E-state index in [0.29, 0.717) is 43.4 Å². The molecule has 1 fully saturated rings. The van der Waals surface area contributed by atoms with Crippen LogP contribution in [0.25, 0.3) is 0 Å². The molecule has 2 aliphatic rings. The zero-order chi connectivity index (χ0) is 18.0. The molecule has 1 aliphatic heterocycles. The zero-order valence-corrected chi connectivity index (χ0v) is 15.8. The number of hydrogen-bond donors (Lipinski definition) is 0. The third-order valence-corrected chi connectivity index (χ3v) is 7.15. The van der Waals surface area contributed by atoms with E-state index in [-0.39, 0.29) is 5.91 Å². The molecule has 1 amide bonds. The summed E-state index contributed by atoms with van der Waals surface area (Å²) < 4.78 is 27.3. The lowest BCUT2D eigenvalue weighted by atomic mass is 10.0. The van der Waals surface area contributed by atoms with Crippen molar-refractivity contribution < 1.29 is 13.2 Å². The van der Waals surface area contributed by atoms with Gasteiger partial charge in [-0.05, 0) is 44.2 Å². The lowest BCUT2D eigenvalue weighted by Crippen LogP contribution is -2.50. The molecule has 3 rings (SSSR count). The lowest BCUT2D eigenvalue weighted by Gasteiger charge is -2.34. The van der Waals surface area contributed by atoms with Gasteiger partial charge in [-0.2, -0.15) is 4.31 Å². The Bertz CT molecular complexity index is 778. The molecule has 1 aromatic carbocycles. The molecule has 0 unspecified atom stereocenters. The standard InChI is InChI=1S/C19H26N2O3S/c1-15-7-8-18(16(2)13-15)25(23,24)21-11-9-20(10-12-21)19(22)14-17-5-3-4-6-17/h3,5,7-8,13,17H,4,6,9-12,14H2,1-2H3/t17-/m0/s1. The zero-order valence-electron chi connectivity index (χ0n) is 14.9. The van der Waals surface area contributed by atoms with Crippen LogP contribution in [-0.2, 0) is 14.8 Å². The lowest BCUT2D eigenvalue weighted by molar-refractivity contribution is -0.133. The molecule has 1 atom stereocenters. The fourth-order valence-electron chi connectivity index (χ4n) is 3.62. The number of aryl methyl sites for hydroxylation is 2. The van der Waals surface area contributed by atoms with Crippen LogP contribution in [0.2, 0.25) is 0 Å². The number of carbonyl (C=O) groups excluding carboxylic acids is 1. The molecule has 1 aliphatic carbocycles. The van der Waals surface area contributed by atoms with Crippen molar-refractivity contribution in [3.63, 3.8) is 0 Å². The summed E-state index contributed by atoms with van der Waals surface area (Å²) in [7, 11) is -3.50.